The minimum Gasteiger partial charge on any atom is -0.493 e. The van der Waals surface area contributed by atoms with Crippen molar-refractivity contribution < 1.29 is 14.2 Å². The van der Waals surface area contributed by atoms with Gasteiger partial charge in [0.25, 0.3) is 0 Å². The number of aromatic nitrogens is 2. The lowest BCUT2D eigenvalue weighted by Crippen LogP contribution is -2.05. The van der Waals surface area contributed by atoms with E-state index in [2.05, 4.69) is 25.9 Å². The van der Waals surface area contributed by atoms with Gasteiger partial charge in [0.15, 0.2) is 11.5 Å². The summed E-state index contributed by atoms with van der Waals surface area (Å²) >= 11 is 3.38. The summed E-state index contributed by atoms with van der Waals surface area (Å²) in [6.07, 6.45) is 3.03. The van der Waals surface area contributed by atoms with E-state index in [0.717, 1.165) is 22.9 Å². The van der Waals surface area contributed by atoms with E-state index in [-0.39, 0.29) is 5.95 Å². The third kappa shape index (κ3) is 4.41. The first-order valence-corrected chi connectivity index (χ1v) is 8.51. The molecule has 8 heteroatoms. The Labute approximate surface area is 149 Å². The van der Waals surface area contributed by atoms with Crippen LogP contribution in [0.25, 0.3) is 0 Å². The van der Waals surface area contributed by atoms with E-state index in [1.165, 1.54) is 0 Å². The SMILES string of the molecule is COc1cc(Cc2cnc(N)nc2N)cc(OC)c1OCCCBr. The second kappa shape index (κ2) is 8.58. The zero-order chi connectivity index (χ0) is 17.5. The van der Waals surface area contributed by atoms with Crippen LogP contribution >= 0.6 is 15.9 Å². The molecule has 2 aromatic rings. The molecule has 130 valence electrons. The molecule has 0 fully saturated rings. The molecular weight excluding hydrogens is 376 g/mol. The highest BCUT2D eigenvalue weighted by atomic mass is 79.9. The molecule has 0 aliphatic heterocycles. The van der Waals surface area contributed by atoms with Crippen molar-refractivity contribution in [1.29, 1.82) is 0 Å². The van der Waals surface area contributed by atoms with Crippen LogP contribution in [0.4, 0.5) is 11.8 Å². The molecule has 1 heterocycles. The quantitative estimate of drug-likeness (QED) is 0.521. The van der Waals surface area contributed by atoms with Crippen molar-refractivity contribution in [2.45, 2.75) is 12.8 Å². The first kappa shape index (κ1) is 18.1. The van der Waals surface area contributed by atoms with Gasteiger partial charge in [-0.2, -0.15) is 4.98 Å². The highest BCUT2D eigenvalue weighted by molar-refractivity contribution is 9.09. The minimum absolute atomic E-state index is 0.155. The summed E-state index contributed by atoms with van der Waals surface area (Å²) in [7, 11) is 3.19. The summed E-state index contributed by atoms with van der Waals surface area (Å²) in [6.45, 7) is 0.566. The number of anilines is 2. The number of nitrogens with two attached hydrogens (primary N) is 2. The Balaban J connectivity index is 2.30. The lowest BCUT2D eigenvalue weighted by atomic mass is 10.1. The van der Waals surface area contributed by atoms with Gasteiger partial charge in [0, 0.05) is 23.5 Å². The van der Waals surface area contributed by atoms with Crippen molar-refractivity contribution in [3.63, 3.8) is 0 Å². The van der Waals surface area contributed by atoms with Crippen LogP contribution in [0.1, 0.15) is 17.5 Å². The minimum atomic E-state index is 0.155. The standard InChI is InChI=1S/C16H21BrN4O3/c1-22-12-7-10(6-11-9-20-16(19)21-15(11)18)8-13(23-2)14(12)24-5-3-4-17/h7-9H,3-6H2,1-2H3,(H4,18,19,20,21). The second-order valence-electron chi connectivity index (χ2n) is 5.04. The average Bonchev–Trinajstić information content (AvgIpc) is 2.58. The highest BCUT2D eigenvalue weighted by Crippen LogP contribution is 2.39. The van der Waals surface area contributed by atoms with E-state index < -0.39 is 0 Å². The molecule has 0 aliphatic carbocycles. The van der Waals surface area contributed by atoms with Crippen LogP contribution in [0.2, 0.25) is 0 Å². The Morgan fingerprint density at radius 2 is 1.79 bits per heavy atom. The van der Waals surface area contributed by atoms with Crippen LogP contribution in [0, 0.1) is 0 Å². The van der Waals surface area contributed by atoms with Gasteiger partial charge in [-0.1, -0.05) is 15.9 Å². The van der Waals surface area contributed by atoms with Crippen LogP contribution < -0.4 is 25.7 Å². The molecule has 1 aromatic carbocycles. The van der Waals surface area contributed by atoms with Crippen LogP contribution in [-0.4, -0.2) is 36.1 Å². The smallest absolute Gasteiger partial charge is 0.221 e. The van der Waals surface area contributed by atoms with Crippen LogP contribution in [-0.2, 0) is 6.42 Å². The number of methoxy groups -OCH3 is 2. The molecule has 0 bridgehead atoms. The lowest BCUT2D eigenvalue weighted by Gasteiger charge is -2.16. The van der Waals surface area contributed by atoms with Gasteiger partial charge >= 0.3 is 0 Å². The molecular formula is C16H21BrN4O3. The zero-order valence-electron chi connectivity index (χ0n) is 13.7. The maximum Gasteiger partial charge on any atom is 0.221 e. The maximum absolute atomic E-state index is 5.90. The van der Waals surface area contributed by atoms with Gasteiger partial charge < -0.3 is 25.7 Å². The van der Waals surface area contributed by atoms with Gasteiger partial charge in [-0.05, 0) is 24.1 Å². The van der Waals surface area contributed by atoms with Crippen molar-refractivity contribution in [1.82, 2.24) is 9.97 Å². The summed E-state index contributed by atoms with van der Waals surface area (Å²) in [5.41, 5.74) is 13.1. The molecule has 0 aliphatic rings. The molecule has 0 saturated carbocycles. The molecule has 1 aromatic heterocycles. The fraction of sp³-hybridized carbons (Fsp3) is 0.375. The largest absolute Gasteiger partial charge is 0.493 e. The monoisotopic (exact) mass is 396 g/mol. The molecule has 7 nitrogen and oxygen atoms in total. The number of hydrogen-bond acceptors (Lipinski definition) is 7. The first-order chi connectivity index (χ1) is 11.6. The fourth-order valence-electron chi connectivity index (χ4n) is 2.20. The fourth-order valence-corrected chi connectivity index (χ4v) is 2.43. The summed E-state index contributed by atoms with van der Waals surface area (Å²) < 4.78 is 16.7. The van der Waals surface area contributed by atoms with Gasteiger partial charge in [-0.25, -0.2) is 4.98 Å². The topological polar surface area (TPSA) is 106 Å². The molecule has 24 heavy (non-hydrogen) atoms. The van der Waals surface area contributed by atoms with Crippen molar-refractivity contribution in [3.05, 3.63) is 29.5 Å². The van der Waals surface area contributed by atoms with E-state index in [1.54, 1.807) is 20.4 Å². The Kier molecular flexibility index (Phi) is 6.48. The summed E-state index contributed by atoms with van der Waals surface area (Å²) in [4.78, 5) is 7.96. The number of halogens is 1. The molecule has 0 unspecified atom stereocenters. The molecule has 0 saturated heterocycles. The molecule has 4 N–H and O–H groups in total. The molecule has 0 amide bonds. The van der Waals surface area contributed by atoms with Gasteiger partial charge in [-0.15, -0.1) is 0 Å². The van der Waals surface area contributed by atoms with E-state index in [4.69, 9.17) is 25.7 Å². The van der Waals surface area contributed by atoms with Gasteiger partial charge in [0.05, 0.1) is 20.8 Å². The zero-order valence-corrected chi connectivity index (χ0v) is 15.3. The van der Waals surface area contributed by atoms with Gasteiger partial charge in [0.1, 0.15) is 5.82 Å². The van der Waals surface area contributed by atoms with Crippen LogP contribution in [0.3, 0.4) is 0 Å². The molecule has 0 atom stereocenters. The number of ether oxygens (including phenoxy) is 3. The predicted molar refractivity (Wildman–Crippen MR) is 97.1 cm³/mol. The number of nitrogen functional groups attached to an aromatic ring is 2. The Morgan fingerprint density at radius 1 is 1.12 bits per heavy atom. The van der Waals surface area contributed by atoms with E-state index in [1.807, 2.05) is 12.1 Å². The molecule has 0 radical (unpaired) electrons. The van der Waals surface area contributed by atoms with Crippen molar-refractivity contribution >= 4 is 27.7 Å². The first-order valence-electron chi connectivity index (χ1n) is 7.39. The van der Waals surface area contributed by atoms with E-state index >= 15 is 0 Å². The average molecular weight is 397 g/mol. The van der Waals surface area contributed by atoms with Crippen molar-refractivity contribution in [3.8, 4) is 17.2 Å². The Hall–Kier alpha value is -2.22. The van der Waals surface area contributed by atoms with Gasteiger partial charge in [-0.3, -0.25) is 0 Å². The number of nitrogens with zero attached hydrogens (tertiary/aromatic N) is 2. The molecule has 0 spiro atoms. The van der Waals surface area contributed by atoms with Crippen LogP contribution in [0.5, 0.6) is 17.2 Å². The number of benzene rings is 1. The van der Waals surface area contributed by atoms with Crippen molar-refractivity contribution in [2.75, 3.05) is 37.6 Å². The summed E-state index contributed by atoms with van der Waals surface area (Å²) in [6, 6.07) is 3.78. The van der Waals surface area contributed by atoms with Crippen LogP contribution in [0.15, 0.2) is 18.3 Å². The lowest BCUT2D eigenvalue weighted by molar-refractivity contribution is 0.275. The summed E-state index contributed by atoms with van der Waals surface area (Å²) in [5.74, 6) is 2.31. The number of rotatable bonds is 8. The predicted octanol–water partition coefficient (Wildman–Crippen LogP) is 2.41. The third-order valence-electron chi connectivity index (χ3n) is 3.36. The second-order valence-corrected chi connectivity index (χ2v) is 5.83. The Bertz CT molecular complexity index is 672. The van der Waals surface area contributed by atoms with E-state index in [0.29, 0.717) is 36.1 Å². The maximum atomic E-state index is 5.90. The summed E-state index contributed by atoms with van der Waals surface area (Å²) in [5, 5.41) is 0.867. The number of hydrogen-bond donors (Lipinski definition) is 2. The third-order valence-corrected chi connectivity index (χ3v) is 3.92. The Morgan fingerprint density at radius 3 is 2.33 bits per heavy atom. The van der Waals surface area contributed by atoms with Crippen molar-refractivity contribution in [2.24, 2.45) is 0 Å². The normalized spacial score (nSPS) is 10.5. The van der Waals surface area contributed by atoms with Gasteiger partial charge in [0.2, 0.25) is 11.7 Å². The molecule has 2 rings (SSSR count). The highest BCUT2D eigenvalue weighted by Gasteiger charge is 2.15. The van der Waals surface area contributed by atoms with E-state index in [9.17, 15) is 0 Å². The number of alkyl halides is 1.